The molecule has 0 fully saturated rings. The van der Waals surface area contributed by atoms with Gasteiger partial charge in [-0.2, -0.15) is 0 Å². The predicted molar refractivity (Wildman–Crippen MR) is 71.3 cm³/mol. The summed E-state index contributed by atoms with van der Waals surface area (Å²) in [6, 6.07) is 2.70. The molecule has 4 N–H and O–H groups in total. The van der Waals surface area contributed by atoms with Crippen LogP contribution in [0.2, 0.25) is 0 Å². The van der Waals surface area contributed by atoms with Gasteiger partial charge in [-0.05, 0) is 5.92 Å². The molecule has 7 heteroatoms. The maximum absolute atomic E-state index is 10.8. The number of hydrogen-bond donors (Lipinski definition) is 3. The van der Waals surface area contributed by atoms with Gasteiger partial charge in [-0.25, -0.2) is 10.8 Å². The number of rotatable bonds is 7. The van der Waals surface area contributed by atoms with Crippen LogP contribution in [0.3, 0.4) is 0 Å². The first-order chi connectivity index (χ1) is 8.60. The highest BCUT2D eigenvalue weighted by atomic mass is 16.6. The molecule has 0 bridgehead atoms. The van der Waals surface area contributed by atoms with Gasteiger partial charge in [0, 0.05) is 6.54 Å². The zero-order chi connectivity index (χ0) is 13.5. The molecule has 0 saturated carbocycles. The Bertz CT molecular complexity index is 406. The third-order valence-electron chi connectivity index (χ3n) is 2.90. The van der Waals surface area contributed by atoms with Crippen molar-refractivity contribution in [1.29, 1.82) is 0 Å². The Morgan fingerprint density at radius 1 is 1.39 bits per heavy atom. The zero-order valence-electron chi connectivity index (χ0n) is 10.6. The summed E-state index contributed by atoms with van der Waals surface area (Å²) in [5.74, 6) is 6.50. The third kappa shape index (κ3) is 3.85. The lowest BCUT2D eigenvalue weighted by Crippen LogP contribution is -2.15. The van der Waals surface area contributed by atoms with Gasteiger partial charge in [0.1, 0.15) is 11.6 Å². The van der Waals surface area contributed by atoms with Crippen molar-refractivity contribution >= 4 is 17.3 Å². The number of hydrogen-bond acceptors (Lipinski definition) is 6. The summed E-state index contributed by atoms with van der Waals surface area (Å²) in [5, 5.41) is 13.9. The van der Waals surface area contributed by atoms with E-state index in [2.05, 4.69) is 29.6 Å². The zero-order valence-corrected chi connectivity index (χ0v) is 10.6. The van der Waals surface area contributed by atoms with Gasteiger partial charge in [0.2, 0.25) is 0 Å². The second-order valence-corrected chi connectivity index (χ2v) is 4.06. The maximum Gasteiger partial charge on any atom is 0.276 e. The Kier molecular flexibility index (Phi) is 5.31. The first-order valence-electron chi connectivity index (χ1n) is 5.97. The SMILES string of the molecule is CCC(CC)CNc1cc([N+](=O)[O-])cc(NN)n1. The van der Waals surface area contributed by atoms with E-state index in [4.69, 9.17) is 5.84 Å². The molecule has 100 valence electrons. The van der Waals surface area contributed by atoms with Crippen LogP contribution in [-0.2, 0) is 0 Å². The first kappa shape index (κ1) is 14.2. The average Bonchev–Trinajstić information content (AvgIpc) is 2.39. The van der Waals surface area contributed by atoms with Gasteiger partial charge in [0.05, 0.1) is 17.1 Å². The Balaban J connectivity index is 2.81. The minimum Gasteiger partial charge on any atom is -0.370 e. The number of nitrogens with two attached hydrogens (primary N) is 1. The van der Waals surface area contributed by atoms with Gasteiger partial charge in [0.25, 0.3) is 5.69 Å². The summed E-state index contributed by atoms with van der Waals surface area (Å²) >= 11 is 0. The number of pyridine rings is 1. The van der Waals surface area contributed by atoms with Crippen LogP contribution in [0.25, 0.3) is 0 Å². The van der Waals surface area contributed by atoms with E-state index in [1.54, 1.807) is 0 Å². The molecule has 1 aromatic heterocycles. The van der Waals surface area contributed by atoms with E-state index in [-0.39, 0.29) is 11.5 Å². The van der Waals surface area contributed by atoms with Crippen LogP contribution in [0.15, 0.2) is 12.1 Å². The molecule has 0 radical (unpaired) electrons. The Labute approximate surface area is 106 Å². The molecular formula is C11H19N5O2. The molecule has 0 atom stereocenters. The fourth-order valence-corrected chi connectivity index (χ4v) is 1.61. The van der Waals surface area contributed by atoms with Crippen LogP contribution >= 0.6 is 0 Å². The Hall–Kier alpha value is -1.89. The Morgan fingerprint density at radius 3 is 2.50 bits per heavy atom. The molecule has 0 aliphatic carbocycles. The van der Waals surface area contributed by atoms with Crippen LogP contribution in [-0.4, -0.2) is 16.5 Å². The summed E-state index contributed by atoms with van der Waals surface area (Å²) in [7, 11) is 0. The molecule has 1 aromatic rings. The fraction of sp³-hybridized carbons (Fsp3) is 0.545. The van der Waals surface area contributed by atoms with Crippen molar-refractivity contribution in [3.05, 3.63) is 22.2 Å². The number of nitro groups is 1. The number of hydrazine groups is 1. The molecule has 18 heavy (non-hydrogen) atoms. The summed E-state index contributed by atoms with van der Waals surface area (Å²) < 4.78 is 0. The molecule has 1 heterocycles. The number of nitrogens with one attached hydrogen (secondary N) is 2. The summed E-state index contributed by atoms with van der Waals surface area (Å²) in [5.41, 5.74) is 2.29. The van der Waals surface area contributed by atoms with Crippen molar-refractivity contribution in [2.45, 2.75) is 26.7 Å². The molecule has 7 nitrogen and oxygen atoms in total. The van der Waals surface area contributed by atoms with Gasteiger partial charge in [-0.1, -0.05) is 26.7 Å². The molecule has 0 amide bonds. The number of nitrogens with zero attached hydrogens (tertiary/aromatic N) is 2. The van der Waals surface area contributed by atoms with E-state index in [9.17, 15) is 10.1 Å². The molecule has 0 aliphatic heterocycles. The topological polar surface area (TPSA) is 106 Å². The molecule has 0 aliphatic rings. The van der Waals surface area contributed by atoms with Gasteiger partial charge in [-0.15, -0.1) is 0 Å². The quantitative estimate of drug-likeness (QED) is 0.390. The highest BCUT2D eigenvalue weighted by Gasteiger charge is 2.11. The monoisotopic (exact) mass is 253 g/mol. The van der Waals surface area contributed by atoms with Crippen LogP contribution in [0.4, 0.5) is 17.3 Å². The number of nitrogen functional groups attached to an aromatic ring is 1. The standard InChI is InChI=1S/C11H19N5O2/c1-3-8(4-2)7-13-10-5-9(16(17)18)6-11(14-10)15-12/h5-6,8H,3-4,7,12H2,1-2H3,(H2,13,14,15). The lowest BCUT2D eigenvalue weighted by atomic mass is 10.0. The second kappa shape index (κ2) is 6.75. The van der Waals surface area contributed by atoms with Crippen LogP contribution in [0, 0.1) is 16.0 Å². The van der Waals surface area contributed by atoms with Crippen LogP contribution < -0.4 is 16.6 Å². The highest BCUT2D eigenvalue weighted by molar-refractivity contribution is 5.54. The van der Waals surface area contributed by atoms with Crippen molar-refractivity contribution < 1.29 is 4.92 Å². The van der Waals surface area contributed by atoms with Crippen LogP contribution in [0.1, 0.15) is 26.7 Å². The largest absolute Gasteiger partial charge is 0.370 e. The lowest BCUT2D eigenvalue weighted by Gasteiger charge is -2.14. The van der Waals surface area contributed by atoms with E-state index in [0.29, 0.717) is 11.7 Å². The molecule has 0 unspecified atom stereocenters. The van der Waals surface area contributed by atoms with E-state index in [1.807, 2.05) is 0 Å². The van der Waals surface area contributed by atoms with Crippen molar-refractivity contribution in [2.75, 3.05) is 17.3 Å². The highest BCUT2D eigenvalue weighted by Crippen LogP contribution is 2.20. The molecule has 0 saturated heterocycles. The average molecular weight is 253 g/mol. The van der Waals surface area contributed by atoms with Gasteiger partial charge in [0.15, 0.2) is 0 Å². The molecule has 1 rings (SSSR count). The van der Waals surface area contributed by atoms with Crippen molar-refractivity contribution in [3.8, 4) is 0 Å². The minimum absolute atomic E-state index is 0.0370. The molecule has 0 spiro atoms. The van der Waals surface area contributed by atoms with Crippen molar-refractivity contribution in [3.63, 3.8) is 0 Å². The summed E-state index contributed by atoms with van der Waals surface area (Å²) in [6.07, 6.45) is 2.11. The van der Waals surface area contributed by atoms with E-state index in [1.165, 1.54) is 12.1 Å². The molecular weight excluding hydrogens is 234 g/mol. The maximum atomic E-state index is 10.8. The van der Waals surface area contributed by atoms with Gasteiger partial charge in [-0.3, -0.25) is 10.1 Å². The molecule has 0 aromatic carbocycles. The van der Waals surface area contributed by atoms with Crippen molar-refractivity contribution in [2.24, 2.45) is 11.8 Å². The minimum atomic E-state index is -0.467. The van der Waals surface area contributed by atoms with E-state index >= 15 is 0 Å². The third-order valence-corrected chi connectivity index (χ3v) is 2.90. The normalized spacial score (nSPS) is 10.4. The van der Waals surface area contributed by atoms with Gasteiger partial charge < -0.3 is 10.7 Å². The summed E-state index contributed by atoms with van der Waals surface area (Å²) in [6.45, 7) is 4.97. The number of aromatic nitrogens is 1. The fourth-order valence-electron chi connectivity index (χ4n) is 1.61. The van der Waals surface area contributed by atoms with Gasteiger partial charge >= 0.3 is 0 Å². The smallest absolute Gasteiger partial charge is 0.276 e. The predicted octanol–water partition coefficient (Wildman–Crippen LogP) is 2.12. The van der Waals surface area contributed by atoms with Crippen molar-refractivity contribution in [1.82, 2.24) is 4.98 Å². The number of anilines is 2. The second-order valence-electron chi connectivity index (χ2n) is 4.06. The lowest BCUT2D eigenvalue weighted by molar-refractivity contribution is -0.384. The van der Waals surface area contributed by atoms with Crippen LogP contribution in [0.5, 0.6) is 0 Å². The van der Waals surface area contributed by atoms with E-state index in [0.717, 1.165) is 19.4 Å². The van der Waals surface area contributed by atoms with E-state index < -0.39 is 4.92 Å². The first-order valence-corrected chi connectivity index (χ1v) is 5.97. The Morgan fingerprint density at radius 2 is 2.00 bits per heavy atom. The summed E-state index contributed by atoms with van der Waals surface area (Å²) in [4.78, 5) is 14.4.